The number of hydrogen-bond donors (Lipinski definition) is 0. The normalized spacial score (nSPS) is 14.7. The average Bonchev–Trinajstić information content (AvgIpc) is 2.94. The molecule has 1 aliphatic heterocycles. The summed E-state index contributed by atoms with van der Waals surface area (Å²) in [4.78, 5) is 19.7. The Morgan fingerprint density at radius 3 is 2.42 bits per heavy atom. The molecule has 1 aromatic heterocycles. The van der Waals surface area contributed by atoms with Crippen molar-refractivity contribution < 1.29 is 9.53 Å². The maximum atomic E-state index is 12.8. The number of carbonyl (C=O) groups excluding carboxylic acids is 1. The van der Waals surface area contributed by atoms with E-state index in [1.807, 2.05) is 35.2 Å². The monoisotopic (exact) mass is 419 g/mol. The van der Waals surface area contributed by atoms with Gasteiger partial charge in [-0.05, 0) is 48.6 Å². The van der Waals surface area contributed by atoms with E-state index in [9.17, 15) is 4.79 Å². The zero-order valence-corrected chi connectivity index (χ0v) is 18.7. The van der Waals surface area contributed by atoms with E-state index in [2.05, 4.69) is 36.6 Å². The lowest BCUT2D eigenvalue weighted by Gasteiger charge is -2.20. The highest BCUT2D eigenvalue weighted by atomic mass is 16.5. The fraction of sp³-hybridized carbons (Fsp3) is 0.462. The minimum atomic E-state index is 0.246. The first-order valence-corrected chi connectivity index (χ1v) is 11.6. The largest absolute Gasteiger partial charge is 0.486 e. The molecule has 0 unspecified atom stereocenters. The van der Waals surface area contributed by atoms with Crippen LogP contribution < -0.4 is 4.74 Å². The molecule has 0 saturated carbocycles. The Morgan fingerprint density at radius 2 is 1.71 bits per heavy atom. The molecule has 164 valence electrons. The number of aryl methyl sites for hydroxylation is 1. The molecule has 1 saturated heterocycles. The minimum absolute atomic E-state index is 0.246. The number of benzene rings is 2. The minimum Gasteiger partial charge on any atom is -0.486 e. The number of nitrogens with zero attached hydrogens (tertiary/aromatic N) is 3. The number of carbonyl (C=O) groups is 1. The molecule has 1 aliphatic rings. The quantitative estimate of drug-likeness (QED) is 0.506. The molecule has 5 heteroatoms. The second-order valence-electron chi connectivity index (χ2n) is 8.73. The highest BCUT2D eigenvalue weighted by Crippen LogP contribution is 2.22. The number of fused-ring (bicyclic) bond motifs is 1. The van der Waals surface area contributed by atoms with Crippen molar-refractivity contribution in [1.82, 2.24) is 14.5 Å². The lowest BCUT2D eigenvalue weighted by molar-refractivity contribution is -0.131. The zero-order valence-electron chi connectivity index (χ0n) is 18.7. The maximum Gasteiger partial charge on any atom is 0.224 e. The lowest BCUT2D eigenvalue weighted by Crippen LogP contribution is -2.32. The second-order valence-corrected chi connectivity index (χ2v) is 8.73. The standard InChI is InChI=1S/C26H33N3O2/c1-20(2)21-11-13-22(14-12-21)31-19-25-27-23-9-5-6-10-24(23)29(25)18-15-26(30)28-16-7-3-4-8-17-28/h5-6,9-14,20H,3-4,7-8,15-19H2,1-2H3. The molecule has 0 atom stereocenters. The topological polar surface area (TPSA) is 47.4 Å². The summed E-state index contributed by atoms with van der Waals surface area (Å²) < 4.78 is 8.20. The summed E-state index contributed by atoms with van der Waals surface area (Å²) in [7, 11) is 0. The molecule has 1 fully saturated rings. The summed E-state index contributed by atoms with van der Waals surface area (Å²) in [5.41, 5.74) is 3.30. The van der Waals surface area contributed by atoms with E-state index < -0.39 is 0 Å². The van der Waals surface area contributed by atoms with Crippen LogP contribution in [-0.2, 0) is 17.9 Å². The van der Waals surface area contributed by atoms with Gasteiger partial charge < -0.3 is 14.2 Å². The third kappa shape index (κ3) is 5.27. The summed E-state index contributed by atoms with van der Waals surface area (Å²) in [6, 6.07) is 16.4. The summed E-state index contributed by atoms with van der Waals surface area (Å²) in [6.07, 6.45) is 5.20. The predicted octanol–water partition coefficient (Wildman–Crippen LogP) is 5.53. The SMILES string of the molecule is CC(C)c1ccc(OCc2nc3ccccc3n2CCC(=O)N2CCCCCC2)cc1. The number of amides is 1. The van der Waals surface area contributed by atoms with Gasteiger partial charge in [-0.25, -0.2) is 4.98 Å². The molecule has 2 aromatic carbocycles. The van der Waals surface area contributed by atoms with Gasteiger partial charge in [0.05, 0.1) is 11.0 Å². The predicted molar refractivity (Wildman–Crippen MR) is 124 cm³/mol. The van der Waals surface area contributed by atoms with Crippen molar-refractivity contribution in [2.75, 3.05) is 13.1 Å². The molecule has 0 spiro atoms. The van der Waals surface area contributed by atoms with E-state index in [1.54, 1.807) is 0 Å². The van der Waals surface area contributed by atoms with Crippen molar-refractivity contribution in [3.8, 4) is 5.75 Å². The fourth-order valence-corrected chi connectivity index (χ4v) is 4.27. The van der Waals surface area contributed by atoms with Gasteiger partial charge >= 0.3 is 0 Å². The molecule has 2 heterocycles. The van der Waals surface area contributed by atoms with Gasteiger partial charge in [0, 0.05) is 26.1 Å². The maximum absolute atomic E-state index is 12.8. The molecule has 3 aromatic rings. The van der Waals surface area contributed by atoms with Crippen LogP contribution in [0.15, 0.2) is 48.5 Å². The van der Waals surface area contributed by atoms with Crippen molar-refractivity contribution in [2.24, 2.45) is 0 Å². The van der Waals surface area contributed by atoms with Crippen molar-refractivity contribution in [3.63, 3.8) is 0 Å². The number of rotatable bonds is 7. The fourth-order valence-electron chi connectivity index (χ4n) is 4.27. The molecular formula is C26H33N3O2. The van der Waals surface area contributed by atoms with Crippen LogP contribution >= 0.6 is 0 Å². The molecule has 0 bridgehead atoms. The van der Waals surface area contributed by atoms with Crippen LogP contribution in [0, 0.1) is 0 Å². The third-order valence-corrected chi connectivity index (χ3v) is 6.16. The Balaban J connectivity index is 1.47. The van der Waals surface area contributed by atoms with Crippen LogP contribution in [0.1, 0.15) is 63.3 Å². The molecule has 31 heavy (non-hydrogen) atoms. The van der Waals surface area contributed by atoms with Gasteiger partial charge in [-0.1, -0.05) is 51.0 Å². The molecule has 4 rings (SSSR count). The summed E-state index contributed by atoms with van der Waals surface area (Å²) in [5.74, 6) is 2.44. The number of imidazole rings is 1. The van der Waals surface area contributed by atoms with Gasteiger partial charge in [0.15, 0.2) is 0 Å². The Hall–Kier alpha value is -2.82. The Kier molecular flexibility index (Phi) is 6.90. The lowest BCUT2D eigenvalue weighted by atomic mass is 10.0. The summed E-state index contributed by atoms with van der Waals surface area (Å²) in [6.45, 7) is 7.17. The van der Waals surface area contributed by atoms with E-state index in [0.29, 0.717) is 25.5 Å². The Morgan fingerprint density at radius 1 is 1.00 bits per heavy atom. The zero-order chi connectivity index (χ0) is 21.6. The van der Waals surface area contributed by atoms with Crippen molar-refractivity contribution >= 4 is 16.9 Å². The number of ether oxygens (including phenoxy) is 1. The van der Waals surface area contributed by atoms with Crippen molar-refractivity contribution in [3.05, 3.63) is 59.9 Å². The summed E-state index contributed by atoms with van der Waals surface area (Å²) >= 11 is 0. The highest BCUT2D eigenvalue weighted by Gasteiger charge is 2.17. The van der Waals surface area contributed by atoms with Crippen LogP contribution in [0.5, 0.6) is 5.75 Å². The van der Waals surface area contributed by atoms with Gasteiger partial charge in [0.25, 0.3) is 0 Å². The molecule has 0 aliphatic carbocycles. The van der Waals surface area contributed by atoms with Crippen LogP contribution in [0.2, 0.25) is 0 Å². The van der Waals surface area contributed by atoms with Crippen LogP contribution in [0.4, 0.5) is 0 Å². The second kappa shape index (κ2) is 9.99. The molecule has 1 amide bonds. The Labute approximate surface area is 185 Å². The van der Waals surface area contributed by atoms with E-state index in [-0.39, 0.29) is 5.91 Å². The highest BCUT2D eigenvalue weighted by molar-refractivity contribution is 5.78. The van der Waals surface area contributed by atoms with Crippen LogP contribution in [0.25, 0.3) is 11.0 Å². The van der Waals surface area contributed by atoms with Gasteiger partial charge in [-0.2, -0.15) is 0 Å². The van der Waals surface area contributed by atoms with E-state index in [0.717, 1.165) is 48.5 Å². The molecule has 0 radical (unpaired) electrons. The van der Waals surface area contributed by atoms with Gasteiger partial charge in [-0.3, -0.25) is 4.79 Å². The van der Waals surface area contributed by atoms with Crippen LogP contribution in [0.3, 0.4) is 0 Å². The number of likely N-dealkylation sites (tertiary alicyclic amines) is 1. The van der Waals surface area contributed by atoms with E-state index >= 15 is 0 Å². The number of hydrogen-bond acceptors (Lipinski definition) is 3. The first kappa shape index (κ1) is 21.4. The van der Waals surface area contributed by atoms with Crippen molar-refractivity contribution in [2.45, 2.75) is 65.0 Å². The van der Waals surface area contributed by atoms with Gasteiger partial charge in [-0.15, -0.1) is 0 Å². The number of para-hydroxylation sites is 2. The van der Waals surface area contributed by atoms with Gasteiger partial charge in [0.2, 0.25) is 5.91 Å². The van der Waals surface area contributed by atoms with Crippen LogP contribution in [-0.4, -0.2) is 33.4 Å². The third-order valence-electron chi connectivity index (χ3n) is 6.16. The summed E-state index contributed by atoms with van der Waals surface area (Å²) in [5, 5.41) is 0. The number of aromatic nitrogens is 2. The first-order valence-electron chi connectivity index (χ1n) is 11.6. The van der Waals surface area contributed by atoms with E-state index in [1.165, 1.54) is 18.4 Å². The molecular weight excluding hydrogens is 386 g/mol. The van der Waals surface area contributed by atoms with E-state index in [4.69, 9.17) is 9.72 Å². The molecule has 0 N–H and O–H groups in total. The van der Waals surface area contributed by atoms with Crippen molar-refractivity contribution in [1.29, 1.82) is 0 Å². The van der Waals surface area contributed by atoms with Gasteiger partial charge in [0.1, 0.15) is 18.2 Å². The molecule has 5 nitrogen and oxygen atoms in total. The first-order chi connectivity index (χ1) is 15.1. The smallest absolute Gasteiger partial charge is 0.224 e. The Bertz CT molecular complexity index is 999. The average molecular weight is 420 g/mol.